The van der Waals surface area contributed by atoms with E-state index in [1.807, 2.05) is 0 Å². The van der Waals surface area contributed by atoms with Crippen LogP contribution in [0, 0.1) is 0 Å². The number of nitrogens with two attached hydrogens (primary N) is 1. The molecule has 0 saturated carbocycles. The SMILES string of the molecule is CCNC(=O)CCS(=O)(=O)c1ccc(N)cc1Cl. The quantitative estimate of drug-likeness (QED) is 0.798. The van der Waals surface area contributed by atoms with E-state index in [0.29, 0.717) is 12.2 Å². The summed E-state index contributed by atoms with van der Waals surface area (Å²) in [6, 6.07) is 4.19. The summed E-state index contributed by atoms with van der Waals surface area (Å²) in [6.07, 6.45) is -0.0864. The van der Waals surface area contributed by atoms with Crippen LogP contribution in [-0.4, -0.2) is 26.6 Å². The van der Waals surface area contributed by atoms with Crippen LogP contribution in [0.1, 0.15) is 13.3 Å². The lowest BCUT2D eigenvalue weighted by molar-refractivity contribution is -0.120. The average molecular weight is 291 g/mol. The molecule has 0 aliphatic rings. The Morgan fingerprint density at radius 3 is 2.67 bits per heavy atom. The second kappa shape index (κ2) is 6.06. The molecule has 1 aromatic rings. The van der Waals surface area contributed by atoms with E-state index in [2.05, 4.69) is 5.32 Å². The van der Waals surface area contributed by atoms with Crippen LogP contribution < -0.4 is 11.1 Å². The smallest absolute Gasteiger partial charge is 0.221 e. The lowest BCUT2D eigenvalue weighted by Gasteiger charge is -2.07. The zero-order chi connectivity index (χ0) is 13.8. The van der Waals surface area contributed by atoms with Crippen molar-refractivity contribution in [2.45, 2.75) is 18.2 Å². The van der Waals surface area contributed by atoms with E-state index in [-0.39, 0.29) is 28.0 Å². The third kappa shape index (κ3) is 3.89. The molecule has 0 aromatic heterocycles. The van der Waals surface area contributed by atoms with Crippen LogP contribution in [0.5, 0.6) is 0 Å². The van der Waals surface area contributed by atoms with Crippen molar-refractivity contribution in [3.63, 3.8) is 0 Å². The fourth-order valence-corrected chi connectivity index (χ4v) is 3.24. The lowest BCUT2D eigenvalue weighted by atomic mass is 10.3. The van der Waals surface area contributed by atoms with Gasteiger partial charge in [0.15, 0.2) is 9.84 Å². The highest BCUT2D eigenvalue weighted by molar-refractivity contribution is 7.91. The van der Waals surface area contributed by atoms with Gasteiger partial charge in [0.05, 0.1) is 15.7 Å². The summed E-state index contributed by atoms with van der Waals surface area (Å²) in [5.74, 6) is -0.574. The third-order valence-electron chi connectivity index (χ3n) is 2.26. The number of anilines is 1. The van der Waals surface area contributed by atoms with Gasteiger partial charge in [-0.25, -0.2) is 8.42 Å². The molecule has 18 heavy (non-hydrogen) atoms. The number of rotatable bonds is 5. The molecule has 100 valence electrons. The van der Waals surface area contributed by atoms with Crippen LogP contribution in [0.2, 0.25) is 5.02 Å². The summed E-state index contributed by atoms with van der Waals surface area (Å²) < 4.78 is 23.9. The summed E-state index contributed by atoms with van der Waals surface area (Å²) in [4.78, 5) is 11.2. The summed E-state index contributed by atoms with van der Waals surface area (Å²) in [5.41, 5.74) is 5.88. The second-order valence-corrected chi connectivity index (χ2v) is 6.20. The Bertz CT molecular complexity index is 543. The molecule has 0 heterocycles. The van der Waals surface area contributed by atoms with Crippen molar-refractivity contribution in [2.75, 3.05) is 18.0 Å². The summed E-state index contributed by atoms with van der Waals surface area (Å²) in [5, 5.41) is 2.61. The highest BCUT2D eigenvalue weighted by Crippen LogP contribution is 2.24. The molecule has 0 atom stereocenters. The maximum atomic E-state index is 12.0. The number of carbonyl (C=O) groups is 1. The van der Waals surface area contributed by atoms with E-state index in [1.54, 1.807) is 6.92 Å². The maximum Gasteiger partial charge on any atom is 0.221 e. The van der Waals surface area contributed by atoms with Crippen molar-refractivity contribution in [3.8, 4) is 0 Å². The van der Waals surface area contributed by atoms with E-state index in [9.17, 15) is 13.2 Å². The summed E-state index contributed by atoms with van der Waals surface area (Å²) in [6.45, 7) is 2.24. The largest absolute Gasteiger partial charge is 0.399 e. The lowest BCUT2D eigenvalue weighted by Crippen LogP contribution is -2.25. The molecule has 0 aliphatic carbocycles. The van der Waals surface area contributed by atoms with Crippen LogP contribution in [-0.2, 0) is 14.6 Å². The number of sulfone groups is 1. The molecule has 1 aromatic carbocycles. The van der Waals surface area contributed by atoms with Crippen molar-refractivity contribution < 1.29 is 13.2 Å². The van der Waals surface area contributed by atoms with Gasteiger partial charge in [-0.1, -0.05) is 11.6 Å². The monoisotopic (exact) mass is 290 g/mol. The topological polar surface area (TPSA) is 89.3 Å². The molecule has 0 saturated heterocycles. The second-order valence-electron chi connectivity index (χ2n) is 3.71. The van der Waals surface area contributed by atoms with Crippen molar-refractivity contribution in [1.82, 2.24) is 5.32 Å². The fourth-order valence-electron chi connectivity index (χ4n) is 1.39. The highest BCUT2D eigenvalue weighted by Gasteiger charge is 2.19. The van der Waals surface area contributed by atoms with E-state index in [1.165, 1.54) is 18.2 Å². The number of hydrogen-bond acceptors (Lipinski definition) is 4. The molecule has 0 aliphatic heterocycles. The third-order valence-corrected chi connectivity index (χ3v) is 4.46. The first-order chi connectivity index (χ1) is 8.36. The zero-order valence-corrected chi connectivity index (χ0v) is 11.5. The normalized spacial score (nSPS) is 11.2. The molecule has 1 amide bonds. The Hall–Kier alpha value is -1.27. The van der Waals surface area contributed by atoms with Crippen molar-refractivity contribution >= 4 is 33.0 Å². The van der Waals surface area contributed by atoms with Gasteiger partial charge in [-0.3, -0.25) is 4.79 Å². The number of halogens is 1. The first-order valence-corrected chi connectivity index (χ1v) is 7.44. The molecular formula is C11H15ClN2O3S. The van der Waals surface area contributed by atoms with Crippen LogP contribution in [0.15, 0.2) is 23.1 Å². The molecule has 5 nitrogen and oxygen atoms in total. The first kappa shape index (κ1) is 14.8. The summed E-state index contributed by atoms with van der Waals surface area (Å²) >= 11 is 5.83. The van der Waals surface area contributed by atoms with Crippen LogP contribution in [0.25, 0.3) is 0 Å². The molecule has 1 rings (SSSR count). The van der Waals surface area contributed by atoms with Crippen LogP contribution in [0.4, 0.5) is 5.69 Å². The van der Waals surface area contributed by atoms with Gasteiger partial charge in [0.1, 0.15) is 0 Å². The Balaban J connectivity index is 2.83. The van der Waals surface area contributed by atoms with Gasteiger partial charge >= 0.3 is 0 Å². The van der Waals surface area contributed by atoms with E-state index < -0.39 is 9.84 Å². The van der Waals surface area contributed by atoms with Crippen LogP contribution >= 0.6 is 11.6 Å². The van der Waals surface area contributed by atoms with Crippen molar-refractivity contribution in [1.29, 1.82) is 0 Å². The molecule has 0 radical (unpaired) electrons. The predicted molar refractivity (Wildman–Crippen MR) is 71.2 cm³/mol. The van der Waals surface area contributed by atoms with Gasteiger partial charge in [-0.05, 0) is 25.1 Å². The zero-order valence-electron chi connectivity index (χ0n) is 9.94. The fraction of sp³-hybridized carbons (Fsp3) is 0.364. The van der Waals surface area contributed by atoms with Gasteiger partial charge in [-0.2, -0.15) is 0 Å². The average Bonchev–Trinajstić information content (AvgIpc) is 2.26. The summed E-state index contributed by atoms with van der Waals surface area (Å²) in [7, 11) is -3.57. The van der Waals surface area contributed by atoms with Crippen LogP contribution in [0.3, 0.4) is 0 Å². The first-order valence-electron chi connectivity index (χ1n) is 5.41. The standard InChI is InChI=1S/C11H15ClN2O3S/c1-2-14-11(15)5-6-18(16,17)10-4-3-8(13)7-9(10)12/h3-4,7H,2,5-6,13H2,1H3,(H,14,15). The predicted octanol–water partition coefficient (Wildman–Crippen LogP) is 1.22. The molecule has 0 fully saturated rings. The minimum absolute atomic E-state index is 0.00247. The van der Waals surface area contributed by atoms with E-state index in [4.69, 9.17) is 17.3 Å². The van der Waals surface area contributed by atoms with Gasteiger partial charge in [0.2, 0.25) is 5.91 Å². The molecule has 0 bridgehead atoms. The number of benzene rings is 1. The molecule has 7 heteroatoms. The number of nitrogen functional groups attached to an aromatic ring is 1. The Labute approximate surface area is 111 Å². The number of carbonyl (C=O) groups excluding carboxylic acids is 1. The van der Waals surface area contributed by atoms with Crippen molar-refractivity contribution in [2.24, 2.45) is 0 Å². The maximum absolute atomic E-state index is 12.0. The Morgan fingerprint density at radius 1 is 1.44 bits per heavy atom. The van der Waals surface area contributed by atoms with Gasteiger partial charge in [-0.15, -0.1) is 0 Å². The van der Waals surface area contributed by atoms with Gasteiger partial charge < -0.3 is 11.1 Å². The number of amides is 1. The van der Waals surface area contributed by atoms with Gasteiger partial charge in [0.25, 0.3) is 0 Å². The molecule has 0 spiro atoms. The minimum atomic E-state index is -3.57. The van der Waals surface area contributed by atoms with E-state index in [0.717, 1.165) is 0 Å². The number of hydrogen-bond donors (Lipinski definition) is 2. The molecule has 0 unspecified atom stereocenters. The molecule has 3 N–H and O–H groups in total. The highest BCUT2D eigenvalue weighted by atomic mass is 35.5. The van der Waals surface area contributed by atoms with Gasteiger partial charge in [0, 0.05) is 18.7 Å². The Kier molecular flexibility index (Phi) is 4.98. The Morgan fingerprint density at radius 2 is 2.11 bits per heavy atom. The molecular weight excluding hydrogens is 276 g/mol. The van der Waals surface area contributed by atoms with E-state index >= 15 is 0 Å². The minimum Gasteiger partial charge on any atom is -0.399 e. The number of nitrogens with one attached hydrogen (secondary N) is 1. The van der Waals surface area contributed by atoms with Crippen molar-refractivity contribution in [3.05, 3.63) is 23.2 Å².